The lowest BCUT2D eigenvalue weighted by Gasteiger charge is -2.25. The van der Waals surface area contributed by atoms with Crippen LogP contribution in [0.15, 0.2) is 12.3 Å². The first-order valence-corrected chi connectivity index (χ1v) is 6.86. The van der Waals surface area contributed by atoms with Crippen LogP contribution < -0.4 is 11.3 Å². The van der Waals surface area contributed by atoms with E-state index in [9.17, 15) is 0 Å². The normalized spacial score (nSPS) is 24.8. The van der Waals surface area contributed by atoms with Gasteiger partial charge in [-0.2, -0.15) is 5.10 Å². The van der Waals surface area contributed by atoms with Gasteiger partial charge in [-0.15, -0.1) is 0 Å². The molecule has 6 nitrogen and oxygen atoms in total. The van der Waals surface area contributed by atoms with Crippen LogP contribution in [-0.2, 0) is 16.0 Å². The second-order valence-corrected chi connectivity index (χ2v) is 5.00. The van der Waals surface area contributed by atoms with Crippen molar-refractivity contribution >= 4 is 0 Å². The second-order valence-electron chi connectivity index (χ2n) is 5.00. The molecule has 0 aromatic carbocycles. The summed E-state index contributed by atoms with van der Waals surface area (Å²) >= 11 is 0. The van der Waals surface area contributed by atoms with E-state index in [1.807, 2.05) is 16.9 Å². The minimum atomic E-state index is 0.0857. The number of aromatic nitrogens is 2. The van der Waals surface area contributed by atoms with Crippen LogP contribution in [0.5, 0.6) is 0 Å². The molecule has 1 aliphatic rings. The number of nitrogens with two attached hydrogens (primary N) is 1. The van der Waals surface area contributed by atoms with Crippen molar-refractivity contribution in [3.8, 4) is 0 Å². The number of rotatable bonds is 7. The average Bonchev–Trinajstić information content (AvgIpc) is 3.02. The van der Waals surface area contributed by atoms with Gasteiger partial charge in [0, 0.05) is 39.0 Å². The van der Waals surface area contributed by atoms with Crippen molar-refractivity contribution in [3.05, 3.63) is 18.0 Å². The second kappa shape index (κ2) is 7.00. The number of nitrogens with one attached hydrogen (secondary N) is 1. The largest absolute Gasteiger partial charge is 0.385 e. The third kappa shape index (κ3) is 3.33. The van der Waals surface area contributed by atoms with Gasteiger partial charge in [-0.1, -0.05) is 0 Å². The zero-order valence-corrected chi connectivity index (χ0v) is 11.7. The average molecular weight is 268 g/mol. The summed E-state index contributed by atoms with van der Waals surface area (Å²) < 4.78 is 12.7. The molecule has 6 heteroatoms. The summed E-state index contributed by atoms with van der Waals surface area (Å²) in [4.78, 5) is 0. The summed E-state index contributed by atoms with van der Waals surface area (Å²) in [5.74, 6) is 6.15. The van der Waals surface area contributed by atoms with Gasteiger partial charge in [0.25, 0.3) is 0 Å². The van der Waals surface area contributed by atoms with Crippen LogP contribution >= 0.6 is 0 Å². The van der Waals surface area contributed by atoms with Crippen LogP contribution in [0, 0.1) is 5.92 Å². The molecule has 0 aliphatic carbocycles. The number of aryl methyl sites for hydroxylation is 1. The highest BCUT2D eigenvalue weighted by Crippen LogP contribution is 2.32. The van der Waals surface area contributed by atoms with E-state index in [1.54, 1.807) is 7.11 Å². The van der Waals surface area contributed by atoms with Gasteiger partial charge in [0.2, 0.25) is 0 Å². The molecule has 19 heavy (non-hydrogen) atoms. The highest BCUT2D eigenvalue weighted by atomic mass is 16.5. The third-order valence-corrected chi connectivity index (χ3v) is 3.83. The third-order valence-electron chi connectivity index (χ3n) is 3.83. The van der Waals surface area contributed by atoms with Crippen molar-refractivity contribution in [2.45, 2.75) is 38.5 Å². The Labute approximate surface area is 114 Å². The fourth-order valence-electron chi connectivity index (χ4n) is 2.77. The van der Waals surface area contributed by atoms with E-state index in [0.29, 0.717) is 5.92 Å². The zero-order chi connectivity index (χ0) is 13.7. The van der Waals surface area contributed by atoms with Crippen molar-refractivity contribution in [2.24, 2.45) is 11.8 Å². The summed E-state index contributed by atoms with van der Waals surface area (Å²) in [5, 5.41) is 4.38. The lowest BCUT2D eigenvalue weighted by Crippen LogP contribution is -2.37. The highest BCUT2D eigenvalue weighted by molar-refractivity contribution is 5.09. The Balaban J connectivity index is 2.07. The number of nitrogens with zero attached hydrogens (tertiary/aromatic N) is 2. The fraction of sp³-hybridized carbons (Fsp3) is 0.769. The van der Waals surface area contributed by atoms with E-state index in [2.05, 4.69) is 17.4 Å². The fourth-order valence-corrected chi connectivity index (χ4v) is 2.77. The van der Waals surface area contributed by atoms with Gasteiger partial charge in [-0.25, -0.2) is 0 Å². The highest BCUT2D eigenvalue weighted by Gasteiger charge is 2.33. The smallest absolute Gasteiger partial charge is 0.0682 e. The Morgan fingerprint density at radius 3 is 3.16 bits per heavy atom. The molecule has 3 N–H and O–H groups in total. The van der Waals surface area contributed by atoms with Crippen molar-refractivity contribution in [1.82, 2.24) is 15.2 Å². The number of hydrogen-bond donors (Lipinski definition) is 2. The quantitative estimate of drug-likeness (QED) is 0.436. The minimum Gasteiger partial charge on any atom is -0.385 e. The van der Waals surface area contributed by atoms with Crippen LogP contribution in [0.2, 0.25) is 0 Å². The van der Waals surface area contributed by atoms with Crippen molar-refractivity contribution < 1.29 is 9.47 Å². The summed E-state index contributed by atoms with van der Waals surface area (Å²) in [6.07, 6.45) is 4.02. The predicted octanol–water partition coefficient (Wildman–Crippen LogP) is 0.849. The van der Waals surface area contributed by atoms with Gasteiger partial charge in [0.15, 0.2) is 0 Å². The molecule has 1 aromatic heterocycles. The zero-order valence-electron chi connectivity index (χ0n) is 11.7. The molecule has 0 bridgehead atoms. The van der Waals surface area contributed by atoms with Crippen molar-refractivity contribution in [1.29, 1.82) is 0 Å². The van der Waals surface area contributed by atoms with Gasteiger partial charge in [0.1, 0.15) is 0 Å². The molecule has 1 fully saturated rings. The standard InChI is InChI=1S/C13H24N4O2/c1-10-11(5-9-19-10)13(16-14)12-4-6-15-17(12)7-3-8-18-2/h4,6,10-11,13,16H,3,5,7-9,14H2,1-2H3. The number of hydrogen-bond acceptors (Lipinski definition) is 5. The molecule has 3 unspecified atom stereocenters. The predicted molar refractivity (Wildman–Crippen MR) is 72.3 cm³/mol. The van der Waals surface area contributed by atoms with E-state index in [0.717, 1.165) is 38.3 Å². The molecule has 1 aromatic rings. The molecule has 0 spiro atoms. The molecular weight excluding hydrogens is 244 g/mol. The Hall–Kier alpha value is -0.950. The lowest BCUT2D eigenvalue weighted by molar-refractivity contribution is 0.0941. The van der Waals surface area contributed by atoms with Crippen LogP contribution in [0.25, 0.3) is 0 Å². The van der Waals surface area contributed by atoms with Crippen molar-refractivity contribution in [3.63, 3.8) is 0 Å². The topological polar surface area (TPSA) is 74.3 Å². The van der Waals surface area contributed by atoms with E-state index >= 15 is 0 Å². The van der Waals surface area contributed by atoms with Gasteiger partial charge < -0.3 is 9.47 Å². The molecule has 2 heterocycles. The minimum absolute atomic E-state index is 0.0857. The Bertz CT molecular complexity index is 382. The van der Waals surface area contributed by atoms with E-state index in [1.165, 1.54) is 0 Å². The monoisotopic (exact) mass is 268 g/mol. The Morgan fingerprint density at radius 2 is 2.53 bits per heavy atom. The summed E-state index contributed by atoms with van der Waals surface area (Å²) in [6, 6.07) is 2.12. The molecule has 0 radical (unpaired) electrons. The summed E-state index contributed by atoms with van der Waals surface area (Å²) in [6.45, 7) is 4.49. The van der Waals surface area contributed by atoms with Gasteiger partial charge in [-0.3, -0.25) is 16.0 Å². The first kappa shape index (κ1) is 14.5. The van der Waals surface area contributed by atoms with E-state index < -0.39 is 0 Å². The van der Waals surface area contributed by atoms with Gasteiger partial charge >= 0.3 is 0 Å². The maximum atomic E-state index is 5.76. The van der Waals surface area contributed by atoms with E-state index in [4.69, 9.17) is 15.3 Å². The molecule has 0 saturated carbocycles. The van der Waals surface area contributed by atoms with Crippen molar-refractivity contribution in [2.75, 3.05) is 20.3 Å². The Kier molecular flexibility index (Phi) is 5.33. The molecule has 0 amide bonds. The molecule has 1 saturated heterocycles. The summed E-state index contributed by atoms with van der Waals surface area (Å²) in [7, 11) is 1.71. The van der Waals surface area contributed by atoms with Gasteiger partial charge in [0.05, 0.1) is 17.8 Å². The van der Waals surface area contributed by atoms with Crippen LogP contribution in [-0.4, -0.2) is 36.2 Å². The SMILES string of the molecule is COCCCn1nccc1C(NN)C1CCOC1C. The molecule has 3 atom stereocenters. The lowest BCUT2D eigenvalue weighted by atomic mass is 9.91. The summed E-state index contributed by atoms with van der Waals surface area (Å²) in [5.41, 5.74) is 4.06. The maximum absolute atomic E-state index is 5.76. The molecule has 2 rings (SSSR count). The molecule has 1 aliphatic heterocycles. The van der Waals surface area contributed by atoms with Crippen LogP contribution in [0.3, 0.4) is 0 Å². The van der Waals surface area contributed by atoms with Crippen LogP contribution in [0.1, 0.15) is 31.5 Å². The number of ether oxygens (including phenoxy) is 2. The van der Waals surface area contributed by atoms with E-state index in [-0.39, 0.29) is 12.1 Å². The van der Waals surface area contributed by atoms with Gasteiger partial charge in [-0.05, 0) is 25.8 Å². The van der Waals surface area contributed by atoms with Crippen LogP contribution in [0.4, 0.5) is 0 Å². The molecule has 108 valence electrons. The number of methoxy groups -OCH3 is 1. The maximum Gasteiger partial charge on any atom is 0.0682 e. The number of hydrazine groups is 1. The Morgan fingerprint density at radius 1 is 1.68 bits per heavy atom. The first-order valence-electron chi connectivity index (χ1n) is 6.86. The molecular formula is C13H24N4O2. The first-order chi connectivity index (χ1) is 9.27.